The lowest BCUT2D eigenvalue weighted by atomic mass is 10.2. The van der Waals surface area contributed by atoms with Crippen LogP contribution in [0.5, 0.6) is 0 Å². The van der Waals surface area contributed by atoms with Gasteiger partial charge in [0.2, 0.25) is 0 Å². The number of aryl methyl sites for hydroxylation is 2. The Bertz CT molecular complexity index is 1120. The van der Waals surface area contributed by atoms with Crippen LogP contribution in [0.15, 0.2) is 75.0 Å². The molecule has 1 saturated heterocycles. The standard InChI is InChI=1S/C22H17IN2O2S/c1-14-7-3-5-9-17(14)24-22-25(18-10-6-4-8-15(18)2)21(26)19(28-22)13-16-11-12-20(23)27-16/h3-13H,1-2H3. The number of hydrogen-bond acceptors (Lipinski definition) is 4. The van der Waals surface area contributed by atoms with Gasteiger partial charge in [-0.15, -0.1) is 0 Å². The fourth-order valence-corrected chi connectivity index (χ4v) is 4.30. The molecule has 0 saturated carbocycles. The normalized spacial score (nSPS) is 17.1. The van der Waals surface area contributed by atoms with Crippen molar-refractivity contribution in [2.24, 2.45) is 4.99 Å². The number of rotatable bonds is 3. The third-order valence-corrected chi connectivity index (χ3v) is 5.91. The van der Waals surface area contributed by atoms with Crippen LogP contribution < -0.4 is 4.90 Å². The van der Waals surface area contributed by atoms with E-state index in [0.29, 0.717) is 15.8 Å². The molecule has 1 fully saturated rings. The molecule has 1 aromatic heterocycles. The second kappa shape index (κ2) is 7.97. The van der Waals surface area contributed by atoms with Crippen molar-refractivity contribution in [2.75, 3.05) is 4.90 Å². The van der Waals surface area contributed by atoms with Gasteiger partial charge in [-0.3, -0.25) is 9.69 Å². The molecule has 3 aromatic rings. The number of para-hydroxylation sites is 2. The molecule has 0 spiro atoms. The minimum Gasteiger partial charge on any atom is -0.451 e. The third-order valence-electron chi connectivity index (χ3n) is 4.36. The Hall–Kier alpha value is -2.32. The van der Waals surface area contributed by atoms with Gasteiger partial charge >= 0.3 is 0 Å². The van der Waals surface area contributed by atoms with Crippen LogP contribution in [0.3, 0.4) is 0 Å². The van der Waals surface area contributed by atoms with Gasteiger partial charge in [0, 0.05) is 6.08 Å². The number of anilines is 1. The highest BCUT2D eigenvalue weighted by Gasteiger charge is 2.35. The van der Waals surface area contributed by atoms with Gasteiger partial charge in [-0.1, -0.05) is 36.4 Å². The van der Waals surface area contributed by atoms with E-state index in [1.54, 1.807) is 11.0 Å². The fraction of sp³-hybridized carbons (Fsp3) is 0.0909. The molecule has 1 aliphatic heterocycles. The van der Waals surface area contributed by atoms with Gasteiger partial charge in [-0.25, -0.2) is 4.99 Å². The van der Waals surface area contributed by atoms with E-state index in [-0.39, 0.29) is 5.91 Å². The van der Waals surface area contributed by atoms with Crippen LogP contribution in [-0.4, -0.2) is 11.1 Å². The smallest absolute Gasteiger partial charge is 0.271 e. The maximum Gasteiger partial charge on any atom is 0.271 e. The second-order valence-corrected chi connectivity index (χ2v) is 8.43. The summed E-state index contributed by atoms with van der Waals surface area (Å²) >= 11 is 3.47. The molecule has 4 nitrogen and oxygen atoms in total. The summed E-state index contributed by atoms with van der Waals surface area (Å²) in [5.74, 6) is 0.556. The van der Waals surface area contributed by atoms with Gasteiger partial charge in [-0.2, -0.15) is 0 Å². The summed E-state index contributed by atoms with van der Waals surface area (Å²) in [5.41, 5.74) is 3.77. The van der Waals surface area contributed by atoms with Crippen LogP contribution in [0.4, 0.5) is 11.4 Å². The van der Waals surface area contributed by atoms with Gasteiger partial charge in [0.05, 0.1) is 16.3 Å². The Kier molecular flexibility index (Phi) is 5.41. The minimum absolute atomic E-state index is 0.0990. The number of benzene rings is 2. The number of amidine groups is 1. The zero-order chi connectivity index (χ0) is 19.7. The van der Waals surface area contributed by atoms with Crippen LogP contribution in [0.25, 0.3) is 6.08 Å². The number of thioether (sulfide) groups is 1. The van der Waals surface area contributed by atoms with E-state index >= 15 is 0 Å². The Labute approximate surface area is 181 Å². The number of amides is 1. The van der Waals surface area contributed by atoms with Gasteiger partial charge in [0.15, 0.2) is 8.93 Å². The van der Waals surface area contributed by atoms with Crippen molar-refractivity contribution in [3.05, 3.63) is 86.2 Å². The van der Waals surface area contributed by atoms with Gasteiger partial charge in [-0.05, 0) is 83.6 Å². The van der Waals surface area contributed by atoms with Gasteiger partial charge in [0.25, 0.3) is 5.91 Å². The molecular formula is C22H17IN2O2S. The Balaban J connectivity index is 1.82. The highest BCUT2D eigenvalue weighted by Crippen LogP contribution is 2.38. The van der Waals surface area contributed by atoms with Gasteiger partial charge in [0.1, 0.15) is 5.76 Å². The molecule has 0 radical (unpaired) electrons. The van der Waals surface area contributed by atoms with E-state index < -0.39 is 0 Å². The zero-order valence-corrected chi connectivity index (χ0v) is 18.3. The molecule has 2 aromatic carbocycles. The molecule has 0 atom stereocenters. The lowest BCUT2D eigenvalue weighted by Crippen LogP contribution is -2.29. The van der Waals surface area contributed by atoms with Crippen LogP contribution in [0, 0.1) is 17.6 Å². The van der Waals surface area contributed by atoms with Crippen molar-refractivity contribution in [2.45, 2.75) is 13.8 Å². The number of furan rings is 1. The maximum atomic E-state index is 13.3. The summed E-state index contributed by atoms with van der Waals surface area (Å²) in [6.45, 7) is 4.01. The lowest BCUT2D eigenvalue weighted by molar-refractivity contribution is -0.113. The minimum atomic E-state index is -0.0990. The number of nitrogens with zero attached hydrogens (tertiary/aromatic N) is 2. The molecule has 1 amide bonds. The Morgan fingerprint density at radius 3 is 2.39 bits per heavy atom. The first-order valence-electron chi connectivity index (χ1n) is 8.72. The SMILES string of the molecule is Cc1ccccc1N=C1SC(=Cc2ccc(I)o2)C(=O)N1c1ccccc1C. The monoisotopic (exact) mass is 500 g/mol. The van der Waals surface area contributed by atoms with E-state index in [4.69, 9.17) is 9.41 Å². The molecule has 6 heteroatoms. The first-order valence-corrected chi connectivity index (χ1v) is 10.6. The molecule has 28 heavy (non-hydrogen) atoms. The number of aliphatic imine (C=N–C) groups is 1. The van der Waals surface area contributed by atoms with Crippen LogP contribution in [-0.2, 0) is 4.79 Å². The predicted molar refractivity (Wildman–Crippen MR) is 124 cm³/mol. The molecule has 0 bridgehead atoms. The molecule has 0 unspecified atom stereocenters. The van der Waals surface area contributed by atoms with Crippen molar-refractivity contribution in [3.63, 3.8) is 0 Å². The summed E-state index contributed by atoms with van der Waals surface area (Å²) in [6, 6.07) is 19.5. The van der Waals surface area contributed by atoms with Crippen LogP contribution in [0.2, 0.25) is 0 Å². The molecule has 2 heterocycles. The van der Waals surface area contributed by atoms with Crippen molar-refractivity contribution < 1.29 is 9.21 Å². The maximum absolute atomic E-state index is 13.3. The van der Waals surface area contributed by atoms with Crippen molar-refractivity contribution in [3.8, 4) is 0 Å². The van der Waals surface area contributed by atoms with E-state index in [2.05, 4.69) is 22.6 Å². The molecule has 4 rings (SSSR count). The predicted octanol–water partition coefficient (Wildman–Crippen LogP) is 6.31. The third kappa shape index (κ3) is 3.79. The zero-order valence-electron chi connectivity index (χ0n) is 15.3. The molecule has 140 valence electrons. The summed E-state index contributed by atoms with van der Waals surface area (Å²) in [5, 5.41) is 0.640. The molecule has 0 N–H and O–H groups in total. The number of hydrogen-bond donors (Lipinski definition) is 0. The van der Waals surface area contributed by atoms with E-state index in [9.17, 15) is 4.79 Å². The van der Waals surface area contributed by atoms with Crippen molar-refractivity contribution in [1.82, 2.24) is 0 Å². The second-order valence-electron chi connectivity index (χ2n) is 6.36. The highest BCUT2D eigenvalue weighted by atomic mass is 127. The van der Waals surface area contributed by atoms with Gasteiger partial charge < -0.3 is 4.42 Å². The highest BCUT2D eigenvalue weighted by molar-refractivity contribution is 14.1. The summed E-state index contributed by atoms with van der Waals surface area (Å²) < 4.78 is 6.40. The summed E-state index contributed by atoms with van der Waals surface area (Å²) in [4.78, 5) is 20.4. The van der Waals surface area contributed by atoms with Crippen LogP contribution in [0.1, 0.15) is 16.9 Å². The lowest BCUT2D eigenvalue weighted by Gasteiger charge is -2.18. The van der Waals surface area contributed by atoms with Crippen molar-refractivity contribution in [1.29, 1.82) is 0 Å². The van der Waals surface area contributed by atoms with Crippen LogP contribution >= 0.6 is 34.4 Å². The number of carbonyl (C=O) groups excluding carboxylic acids is 1. The largest absolute Gasteiger partial charge is 0.451 e. The van der Waals surface area contributed by atoms with E-state index in [0.717, 1.165) is 26.3 Å². The Morgan fingerprint density at radius 1 is 1.00 bits per heavy atom. The first kappa shape index (κ1) is 19.0. The number of carbonyl (C=O) groups is 1. The molecular weight excluding hydrogens is 483 g/mol. The summed E-state index contributed by atoms with van der Waals surface area (Å²) in [6.07, 6.45) is 1.78. The summed E-state index contributed by atoms with van der Waals surface area (Å²) in [7, 11) is 0. The average molecular weight is 500 g/mol. The number of halogens is 1. The average Bonchev–Trinajstić information content (AvgIpc) is 3.21. The topological polar surface area (TPSA) is 45.8 Å². The molecule has 0 aliphatic carbocycles. The first-order chi connectivity index (χ1) is 13.5. The van der Waals surface area contributed by atoms with E-state index in [1.807, 2.05) is 74.5 Å². The quantitative estimate of drug-likeness (QED) is 0.313. The fourth-order valence-electron chi connectivity index (χ4n) is 2.90. The Morgan fingerprint density at radius 2 is 1.71 bits per heavy atom. The van der Waals surface area contributed by atoms with Crippen molar-refractivity contribution >= 4 is 62.9 Å². The molecule has 1 aliphatic rings. The van der Waals surface area contributed by atoms with E-state index in [1.165, 1.54) is 11.8 Å².